The van der Waals surface area contributed by atoms with Gasteiger partial charge in [0, 0.05) is 25.4 Å². The largest absolute Gasteiger partial charge is 0.396 e. The summed E-state index contributed by atoms with van der Waals surface area (Å²) in [4.78, 5) is 17.7. The van der Waals surface area contributed by atoms with Gasteiger partial charge in [0.1, 0.15) is 5.82 Å². The Morgan fingerprint density at radius 3 is 3.06 bits per heavy atom. The number of pyridine rings is 1. The zero-order valence-corrected chi connectivity index (χ0v) is 10.2. The summed E-state index contributed by atoms with van der Waals surface area (Å²) in [6.45, 7) is 0.732. The summed E-state index contributed by atoms with van der Waals surface area (Å²) in [6.07, 6.45) is 5.96. The van der Waals surface area contributed by atoms with Crippen molar-refractivity contribution in [3.63, 3.8) is 0 Å². The average Bonchev–Trinajstić information content (AvgIpc) is 2.39. The number of likely N-dealkylation sites (tertiary alicyclic amines) is 1. The van der Waals surface area contributed by atoms with Crippen molar-refractivity contribution in [3.8, 4) is 0 Å². The molecule has 0 aromatic carbocycles. The minimum atomic E-state index is -0.503. The molecule has 18 heavy (non-hydrogen) atoms. The summed E-state index contributed by atoms with van der Waals surface area (Å²) in [5.41, 5.74) is 0.278. The van der Waals surface area contributed by atoms with E-state index in [4.69, 9.17) is 5.11 Å². The minimum Gasteiger partial charge on any atom is -0.396 e. The van der Waals surface area contributed by atoms with Gasteiger partial charge in [-0.25, -0.2) is 4.39 Å². The Balaban J connectivity index is 2.15. The molecule has 0 spiro atoms. The Bertz CT molecular complexity index is 423. The molecule has 1 aromatic rings. The maximum absolute atomic E-state index is 13.1. The van der Waals surface area contributed by atoms with Gasteiger partial charge in [-0.1, -0.05) is 0 Å². The maximum atomic E-state index is 13.1. The van der Waals surface area contributed by atoms with Crippen molar-refractivity contribution in [2.45, 2.75) is 31.7 Å². The number of nitrogens with zero attached hydrogens (tertiary/aromatic N) is 2. The van der Waals surface area contributed by atoms with Gasteiger partial charge in [0.15, 0.2) is 0 Å². The molecule has 2 rings (SSSR count). The Morgan fingerprint density at radius 1 is 1.50 bits per heavy atom. The number of amides is 1. The highest BCUT2D eigenvalue weighted by atomic mass is 19.1. The lowest BCUT2D eigenvalue weighted by Gasteiger charge is -2.35. The first-order valence-corrected chi connectivity index (χ1v) is 6.24. The van der Waals surface area contributed by atoms with Crippen molar-refractivity contribution in [1.82, 2.24) is 9.88 Å². The number of carbonyl (C=O) groups excluding carboxylic acids is 1. The van der Waals surface area contributed by atoms with Crippen molar-refractivity contribution in [3.05, 3.63) is 29.8 Å². The monoisotopic (exact) mass is 252 g/mol. The van der Waals surface area contributed by atoms with E-state index in [0.717, 1.165) is 25.5 Å². The van der Waals surface area contributed by atoms with Crippen molar-refractivity contribution >= 4 is 5.91 Å². The van der Waals surface area contributed by atoms with E-state index in [9.17, 15) is 9.18 Å². The van der Waals surface area contributed by atoms with E-state index >= 15 is 0 Å². The number of piperidine rings is 1. The second-order valence-electron chi connectivity index (χ2n) is 4.55. The molecule has 2 heterocycles. The molecule has 0 aliphatic carbocycles. The molecule has 1 aromatic heterocycles. The van der Waals surface area contributed by atoms with Crippen LogP contribution in [0.2, 0.25) is 0 Å². The summed E-state index contributed by atoms with van der Waals surface area (Å²) < 4.78 is 13.1. The van der Waals surface area contributed by atoms with Gasteiger partial charge in [-0.2, -0.15) is 0 Å². The van der Waals surface area contributed by atoms with E-state index in [1.165, 1.54) is 12.3 Å². The molecule has 1 saturated heterocycles. The van der Waals surface area contributed by atoms with Crippen LogP contribution in [-0.4, -0.2) is 40.1 Å². The zero-order chi connectivity index (χ0) is 13.0. The Hall–Kier alpha value is -1.49. The molecule has 1 unspecified atom stereocenters. The lowest BCUT2D eigenvalue weighted by atomic mass is 9.98. The number of carbonyl (C=O) groups is 1. The van der Waals surface area contributed by atoms with Crippen LogP contribution in [0, 0.1) is 5.82 Å². The molecule has 0 radical (unpaired) electrons. The number of hydrogen-bond acceptors (Lipinski definition) is 3. The van der Waals surface area contributed by atoms with Gasteiger partial charge in [-0.05, 0) is 31.7 Å². The van der Waals surface area contributed by atoms with Crippen LogP contribution in [0.4, 0.5) is 4.39 Å². The summed E-state index contributed by atoms with van der Waals surface area (Å²) >= 11 is 0. The van der Waals surface area contributed by atoms with Crippen molar-refractivity contribution < 1.29 is 14.3 Å². The van der Waals surface area contributed by atoms with Gasteiger partial charge in [0.05, 0.1) is 11.8 Å². The van der Waals surface area contributed by atoms with E-state index in [1.54, 1.807) is 4.90 Å². The number of aliphatic hydroxyl groups excluding tert-OH is 1. The molecule has 98 valence electrons. The lowest BCUT2D eigenvalue weighted by molar-refractivity contribution is 0.0573. The fourth-order valence-corrected chi connectivity index (χ4v) is 2.41. The Kier molecular flexibility index (Phi) is 4.25. The van der Waals surface area contributed by atoms with Gasteiger partial charge in [0.25, 0.3) is 5.91 Å². The fraction of sp³-hybridized carbons (Fsp3) is 0.538. The molecule has 1 fully saturated rings. The van der Waals surface area contributed by atoms with Crippen molar-refractivity contribution in [2.24, 2.45) is 0 Å². The summed E-state index contributed by atoms with van der Waals surface area (Å²) in [5, 5.41) is 9.02. The fourth-order valence-electron chi connectivity index (χ4n) is 2.41. The molecule has 5 heteroatoms. The minimum absolute atomic E-state index is 0.0551. The van der Waals surface area contributed by atoms with Crippen LogP contribution >= 0.6 is 0 Å². The quantitative estimate of drug-likeness (QED) is 0.889. The number of rotatable bonds is 3. The summed E-state index contributed by atoms with van der Waals surface area (Å²) in [5.74, 6) is -0.697. The molecule has 1 aliphatic rings. The third kappa shape index (κ3) is 2.85. The van der Waals surface area contributed by atoms with Crippen molar-refractivity contribution in [1.29, 1.82) is 0 Å². The molecule has 1 N–H and O–H groups in total. The highest BCUT2D eigenvalue weighted by Gasteiger charge is 2.27. The number of aliphatic hydroxyl groups is 1. The number of aromatic nitrogens is 1. The van der Waals surface area contributed by atoms with Gasteiger partial charge in [-0.3, -0.25) is 9.78 Å². The molecule has 1 aliphatic heterocycles. The van der Waals surface area contributed by atoms with Crippen LogP contribution in [-0.2, 0) is 0 Å². The molecular weight excluding hydrogens is 235 g/mol. The second-order valence-corrected chi connectivity index (χ2v) is 4.55. The first kappa shape index (κ1) is 13.0. The first-order chi connectivity index (χ1) is 8.72. The average molecular weight is 252 g/mol. The van der Waals surface area contributed by atoms with Crippen LogP contribution in [0.5, 0.6) is 0 Å². The van der Waals surface area contributed by atoms with Gasteiger partial charge in [0.2, 0.25) is 0 Å². The number of halogens is 1. The van der Waals surface area contributed by atoms with Crippen molar-refractivity contribution in [2.75, 3.05) is 13.2 Å². The molecule has 1 amide bonds. The smallest absolute Gasteiger partial charge is 0.255 e. The van der Waals surface area contributed by atoms with Crippen LogP contribution in [0.15, 0.2) is 18.5 Å². The van der Waals surface area contributed by atoms with Gasteiger partial charge < -0.3 is 10.0 Å². The molecular formula is C13H17FN2O2. The van der Waals surface area contributed by atoms with Crippen LogP contribution in [0.25, 0.3) is 0 Å². The number of hydrogen-bond donors (Lipinski definition) is 1. The molecule has 4 nitrogen and oxygen atoms in total. The predicted molar refractivity (Wildman–Crippen MR) is 64.6 cm³/mol. The second kappa shape index (κ2) is 5.91. The molecule has 1 atom stereocenters. The van der Waals surface area contributed by atoms with E-state index in [1.807, 2.05) is 0 Å². The zero-order valence-electron chi connectivity index (χ0n) is 10.2. The van der Waals surface area contributed by atoms with E-state index in [0.29, 0.717) is 13.0 Å². The van der Waals surface area contributed by atoms with E-state index < -0.39 is 5.82 Å². The third-order valence-corrected chi connectivity index (χ3v) is 3.30. The third-order valence-electron chi connectivity index (χ3n) is 3.30. The first-order valence-electron chi connectivity index (χ1n) is 6.24. The van der Waals surface area contributed by atoms with E-state index in [-0.39, 0.29) is 24.1 Å². The molecule has 0 bridgehead atoms. The highest BCUT2D eigenvalue weighted by Crippen LogP contribution is 2.21. The van der Waals surface area contributed by atoms with Crippen LogP contribution < -0.4 is 0 Å². The Morgan fingerprint density at radius 2 is 2.33 bits per heavy atom. The maximum Gasteiger partial charge on any atom is 0.255 e. The lowest BCUT2D eigenvalue weighted by Crippen LogP contribution is -2.44. The topological polar surface area (TPSA) is 53.4 Å². The predicted octanol–water partition coefficient (Wildman–Crippen LogP) is 1.60. The standard InChI is InChI=1S/C13H17FN2O2/c14-11-7-10(8-15-9-11)13(18)16-5-2-1-3-12(16)4-6-17/h7-9,12,17H,1-6H2. The SMILES string of the molecule is O=C(c1cncc(F)c1)N1CCCCC1CCO. The summed E-state index contributed by atoms with van der Waals surface area (Å²) in [7, 11) is 0. The van der Waals surface area contributed by atoms with Gasteiger partial charge >= 0.3 is 0 Å². The van der Waals surface area contributed by atoms with Crippen LogP contribution in [0.3, 0.4) is 0 Å². The van der Waals surface area contributed by atoms with Crippen LogP contribution in [0.1, 0.15) is 36.0 Å². The molecule has 0 saturated carbocycles. The van der Waals surface area contributed by atoms with Gasteiger partial charge in [-0.15, -0.1) is 0 Å². The summed E-state index contributed by atoms with van der Waals surface area (Å²) in [6, 6.07) is 1.26. The highest BCUT2D eigenvalue weighted by molar-refractivity contribution is 5.94. The Labute approximate surface area is 105 Å². The van der Waals surface area contributed by atoms with E-state index in [2.05, 4.69) is 4.98 Å². The normalized spacial score (nSPS) is 19.9.